The number of nitrogens with zero attached hydrogens (tertiary/aromatic N) is 3. The first-order valence-corrected chi connectivity index (χ1v) is 11.7. The van der Waals surface area contributed by atoms with Crippen molar-refractivity contribution >= 4 is 28.8 Å². The maximum atomic E-state index is 13.3. The first-order chi connectivity index (χ1) is 17.7. The zero-order valence-corrected chi connectivity index (χ0v) is 20.7. The van der Waals surface area contributed by atoms with E-state index in [1.54, 1.807) is 0 Å². The van der Waals surface area contributed by atoms with Crippen LogP contribution in [0.25, 0.3) is 5.76 Å². The van der Waals surface area contributed by atoms with Crippen LogP contribution in [0, 0.1) is 10.1 Å². The standard InChI is InChI=1S/C28H27N3O6/c1-4-37-23-7-5-6-18(16-23)17-30-25(19-8-12-21(13-9-19)29(2)3)24(27(33)28(30)34)26(32)20-10-14-22(15-11-20)31(35)36/h5-16,25,32H,4,17H2,1-3H3/b26-24-. The van der Waals surface area contributed by atoms with Gasteiger partial charge in [-0.25, -0.2) is 0 Å². The van der Waals surface area contributed by atoms with Crippen LogP contribution in [0.4, 0.5) is 11.4 Å². The number of ketones is 1. The van der Waals surface area contributed by atoms with Gasteiger partial charge in [0.15, 0.2) is 0 Å². The number of aliphatic hydroxyl groups is 1. The lowest BCUT2D eigenvalue weighted by atomic mass is 9.95. The molecular weight excluding hydrogens is 474 g/mol. The van der Waals surface area contributed by atoms with E-state index in [4.69, 9.17) is 4.74 Å². The number of nitro benzene ring substituents is 1. The zero-order chi connectivity index (χ0) is 26.7. The fraction of sp³-hybridized carbons (Fsp3) is 0.214. The summed E-state index contributed by atoms with van der Waals surface area (Å²) >= 11 is 0. The smallest absolute Gasteiger partial charge is 0.295 e. The molecule has 0 bridgehead atoms. The number of carbonyl (C=O) groups excluding carboxylic acids is 2. The Bertz CT molecular complexity index is 1360. The van der Waals surface area contributed by atoms with Crippen LogP contribution in [0.3, 0.4) is 0 Å². The van der Waals surface area contributed by atoms with Crippen molar-refractivity contribution in [3.63, 3.8) is 0 Å². The number of likely N-dealkylation sites (tertiary alicyclic amines) is 1. The molecule has 9 heteroatoms. The number of nitro groups is 1. The number of anilines is 1. The summed E-state index contributed by atoms with van der Waals surface area (Å²) in [6.07, 6.45) is 0. The minimum Gasteiger partial charge on any atom is -0.507 e. The van der Waals surface area contributed by atoms with Gasteiger partial charge in [0.2, 0.25) is 0 Å². The monoisotopic (exact) mass is 501 g/mol. The molecule has 1 atom stereocenters. The van der Waals surface area contributed by atoms with Gasteiger partial charge >= 0.3 is 0 Å². The third kappa shape index (κ3) is 5.16. The lowest BCUT2D eigenvalue weighted by Crippen LogP contribution is -2.29. The van der Waals surface area contributed by atoms with Gasteiger partial charge < -0.3 is 19.6 Å². The van der Waals surface area contributed by atoms with Crippen LogP contribution in [0.5, 0.6) is 5.75 Å². The Morgan fingerprint density at radius 2 is 1.73 bits per heavy atom. The summed E-state index contributed by atoms with van der Waals surface area (Å²) in [6.45, 7) is 2.48. The number of rotatable bonds is 8. The minimum absolute atomic E-state index is 0.0718. The van der Waals surface area contributed by atoms with Crippen molar-refractivity contribution in [2.24, 2.45) is 0 Å². The Morgan fingerprint density at radius 1 is 1.05 bits per heavy atom. The quantitative estimate of drug-likeness (QED) is 0.157. The van der Waals surface area contributed by atoms with Gasteiger partial charge in [-0.1, -0.05) is 24.3 Å². The van der Waals surface area contributed by atoms with Crippen molar-refractivity contribution in [3.05, 3.63) is 105 Å². The molecule has 0 aliphatic carbocycles. The summed E-state index contributed by atoms with van der Waals surface area (Å²) in [5, 5.41) is 22.2. The van der Waals surface area contributed by atoms with Crippen LogP contribution in [0.15, 0.2) is 78.4 Å². The van der Waals surface area contributed by atoms with Crippen LogP contribution in [0.2, 0.25) is 0 Å². The molecule has 1 N–H and O–H groups in total. The first kappa shape index (κ1) is 25.4. The fourth-order valence-corrected chi connectivity index (χ4v) is 4.34. The van der Waals surface area contributed by atoms with Gasteiger partial charge in [0, 0.05) is 44.0 Å². The fourth-order valence-electron chi connectivity index (χ4n) is 4.34. The summed E-state index contributed by atoms with van der Waals surface area (Å²) in [5.74, 6) is -1.31. The summed E-state index contributed by atoms with van der Waals surface area (Å²) in [4.78, 5) is 40.4. The van der Waals surface area contributed by atoms with Crippen LogP contribution >= 0.6 is 0 Å². The van der Waals surface area contributed by atoms with E-state index in [9.17, 15) is 24.8 Å². The van der Waals surface area contributed by atoms with Crippen LogP contribution in [-0.4, -0.2) is 47.3 Å². The predicted molar refractivity (Wildman–Crippen MR) is 139 cm³/mol. The number of Topliss-reactive ketones (excluding diaryl/α,β-unsaturated/α-hetero) is 1. The molecule has 1 saturated heterocycles. The molecule has 1 fully saturated rings. The molecule has 0 spiro atoms. The molecule has 3 aromatic carbocycles. The van der Waals surface area contributed by atoms with Gasteiger partial charge in [-0.05, 0) is 54.4 Å². The molecule has 4 rings (SSSR count). The van der Waals surface area contributed by atoms with E-state index in [1.807, 2.05) is 74.4 Å². The number of carbonyl (C=O) groups is 2. The largest absolute Gasteiger partial charge is 0.507 e. The van der Waals surface area contributed by atoms with E-state index in [-0.39, 0.29) is 29.1 Å². The Hall–Kier alpha value is -4.66. The molecule has 190 valence electrons. The van der Waals surface area contributed by atoms with Crippen LogP contribution < -0.4 is 9.64 Å². The average Bonchev–Trinajstić information content (AvgIpc) is 3.13. The van der Waals surface area contributed by atoms with Gasteiger partial charge in [0.05, 0.1) is 23.1 Å². The molecule has 0 radical (unpaired) electrons. The summed E-state index contributed by atoms with van der Waals surface area (Å²) in [6, 6.07) is 19.0. The minimum atomic E-state index is -0.859. The van der Waals surface area contributed by atoms with Crippen molar-refractivity contribution in [3.8, 4) is 5.75 Å². The Balaban J connectivity index is 1.82. The molecule has 1 aliphatic heterocycles. The van der Waals surface area contributed by atoms with E-state index in [0.717, 1.165) is 11.3 Å². The number of non-ortho nitro benzene ring substituents is 1. The molecule has 1 amide bonds. The maximum absolute atomic E-state index is 13.3. The number of amides is 1. The molecule has 1 heterocycles. The number of hydrogen-bond acceptors (Lipinski definition) is 7. The van der Waals surface area contributed by atoms with E-state index < -0.39 is 22.7 Å². The highest BCUT2D eigenvalue weighted by Crippen LogP contribution is 2.41. The third-order valence-electron chi connectivity index (χ3n) is 6.18. The lowest BCUT2D eigenvalue weighted by Gasteiger charge is -2.26. The SMILES string of the molecule is CCOc1cccc(CN2C(=O)C(=O)/C(=C(\O)c3ccc([N+](=O)[O-])cc3)C2c2ccc(N(C)C)cc2)c1. The highest BCUT2D eigenvalue weighted by Gasteiger charge is 2.46. The summed E-state index contributed by atoms with van der Waals surface area (Å²) < 4.78 is 5.58. The van der Waals surface area contributed by atoms with Crippen molar-refractivity contribution in [1.29, 1.82) is 0 Å². The number of ether oxygens (including phenoxy) is 1. The number of hydrogen-bond donors (Lipinski definition) is 1. The van der Waals surface area contributed by atoms with E-state index in [0.29, 0.717) is 17.9 Å². The van der Waals surface area contributed by atoms with Gasteiger partial charge in [0.25, 0.3) is 17.4 Å². The molecule has 0 saturated carbocycles. The first-order valence-electron chi connectivity index (χ1n) is 11.7. The average molecular weight is 502 g/mol. The number of benzene rings is 3. The van der Waals surface area contributed by atoms with Crippen molar-refractivity contribution < 1.29 is 24.4 Å². The van der Waals surface area contributed by atoms with Crippen LogP contribution in [-0.2, 0) is 16.1 Å². The molecule has 1 unspecified atom stereocenters. The molecule has 0 aromatic heterocycles. The molecule has 37 heavy (non-hydrogen) atoms. The van der Waals surface area contributed by atoms with E-state index >= 15 is 0 Å². The van der Waals surface area contributed by atoms with Gasteiger partial charge in [-0.15, -0.1) is 0 Å². The van der Waals surface area contributed by atoms with Crippen molar-refractivity contribution in [2.45, 2.75) is 19.5 Å². The van der Waals surface area contributed by atoms with E-state index in [1.165, 1.54) is 29.2 Å². The highest BCUT2D eigenvalue weighted by atomic mass is 16.6. The predicted octanol–water partition coefficient (Wildman–Crippen LogP) is 4.68. The summed E-state index contributed by atoms with van der Waals surface area (Å²) in [7, 11) is 3.81. The molecule has 1 aliphatic rings. The highest BCUT2D eigenvalue weighted by molar-refractivity contribution is 6.46. The second kappa shape index (κ2) is 10.5. The normalized spacial score (nSPS) is 16.6. The lowest BCUT2D eigenvalue weighted by molar-refractivity contribution is -0.384. The maximum Gasteiger partial charge on any atom is 0.295 e. The Morgan fingerprint density at radius 3 is 2.32 bits per heavy atom. The Labute approximate surface area is 214 Å². The van der Waals surface area contributed by atoms with Crippen LogP contribution in [0.1, 0.15) is 29.7 Å². The van der Waals surface area contributed by atoms with Gasteiger partial charge in [-0.3, -0.25) is 19.7 Å². The molecular formula is C28H27N3O6. The van der Waals surface area contributed by atoms with Gasteiger partial charge in [0.1, 0.15) is 11.5 Å². The van der Waals surface area contributed by atoms with Crippen molar-refractivity contribution in [2.75, 3.05) is 25.6 Å². The van der Waals surface area contributed by atoms with E-state index in [2.05, 4.69) is 0 Å². The van der Waals surface area contributed by atoms with Crippen molar-refractivity contribution in [1.82, 2.24) is 4.90 Å². The second-order valence-corrected chi connectivity index (χ2v) is 8.80. The zero-order valence-electron chi connectivity index (χ0n) is 20.7. The topological polar surface area (TPSA) is 113 Å². The summed E-state index contributed by atoms with van der Waals surface area (Å²) in [5.41, 5.74) is 2.32. The third-order valence-corrected chi connectivity index (χ3v) is 6.18. The number of aliphatic hydroxyl groups excluding tert-OH is 1. The Kier molecular flexibility index (Phi) is 7.24. The van der Waals surface area contributed by atoms with Gasteiger partial charge in [-0.2, -0.15) is 0 Å². The molecule has 9 nitrogen and oxygen atoms in total. The molecule has 3 aromatic rings. The second-order valence-electron chi connectivity index (χ2n) is 8.80.